The molecule has 2 rings (SSSR count). The molecule has 2 aromatic carbocycles. The SMILES string of the molecule is COc1cc(C(C)C)cc(-c2cc(C(C)C)cc(C)c2OC(C)C)c1O. The van der Waals surface area contributed by atoms with Gasteiger partial charge in [0.2, 0.25) is 0 Å². The monoisotopic (exact) mass is 356 g/mol. The van der Waals surface area contributed by atoms with Crippen LogP contribution in [0, 0.1) is 6.92 Å². The standard InChI is InChI=1S/C23H32O3/c1-13(2)17-9-16(7)23(26-15(5)6)20(11-17)19-10-18(14(3)4)12-21(25-8)22(19)24/h9-15,24H,1-8H3. The topological polar surface area (TPSA) is 38.7 Å². The van der Waals surface area contributed by atoms with Crippen molar-refractivity contribution < 1.29 is 14.6 Å². The molecule has 26 heavy (non-hydrogen) atoms. The lowest BCUT2D eigenvalue weighted by atomic mass is 9.91. The van der Waals surface area contributed by atoms with Gasteiger partial charge in [0.25, 0.3) is 0 Å². The van der Waals surface area contributed by atoms with Crippen LogP contribution in [0.1, 0.15) is 70.1 Å². The fraction of sp³-hybridized carbons (Fsp3) is 0.478. The molecule has 0 fully saturated rings. The van der Waals surface area contributed by atoms with Gasteiger partial charge in [0.05, 0.1) is 13.2 Å². The summed E-state index contributed by atoms with van der Waals surface area (Å²) >= 11 is 0. The second-order valence-corrected chi connectivity index (χ2v) is 7.81. The summed E-state index contributed by atoms with van der Waals surface area (Å²) in [5, 5.41) is 10.8. The minimum atomic E-state index is 0.0506. The molecule has 0 bridgehead atoms. The highest BCUT2D eigenvalue weighted by atomic mass is 16.5. The molecular weight excluding hydrogens is 324 g/mol. The molecular formula is C23H32O3. The number of rotatable bonds is 6. The predicted octanol–water partition coefficient (Wildman–Crippen LogP) is 6.41. The van der Waals surface area contributed by atoms with Gasteiger partial charge in [0, 0.05) is 11.1 Å². The number of methoxy groups -OCH3 is 1. The number of hydrogen-bond donors (Lipinski definition) is 1. The van der Waals surface area contributed by atoms with Crippen molar-refractivity contribution in [2.45, 2.75) is 66.4 Å². The van der Waals surface area contributed by atoms with E-state index in [1.54, 1.807) is 7.11 Å². The van der Waals surface area contributed by atoms with Crippen molar-refractivity contribution in [3.8, 4) is 28.4 Å². The van der Waals surface area contributed by atoms with Gasteiger partial charge in [0.1, 0.15) is 5.75 Å². The summed E-state index contributed by atoms with van der Waals surface area (Å²) in [6, 6.07) is 8.26. The zero-order chi connectivity index (χ0) is 19.6. The fourth-order valence-electron chi connectivity index (χ4n) is 3.05. The third kappa shape index (κ3) is 4.14. The average Bonchev–Trinajstić information content (AvgIpc) is 2.56. The lowest BCUT2D eigenvalue weighted by Gasteiger charge is -2.22. The van der Waals surface area contributed by atoms with Gasteiger partial charge in [-0.25, -0.2) is 0 Å². The van der Waals surface area contributed by atoms with E-state index in [1.807, 2.05) is 19.9 Å². The van der Waals surface area contributed by atoms with Gasteiger partial charge in [-0.3, -0.25) is 0 Å². The summed E-state index contributed by atoms with van der Waals surface area (Å²) in [7, 11) is 1.59. The van der Waals surface area contributed by atoms with Crippen LogP contribution in [0.15, 0.2) is 24.3 Å². The Labute approximate surface area is 158 Å². The molecule has 0 amide bonds. The van der Waals surface area contributed by atoms with Gasteiger partial charge < -0.3 is 14.6 Å². The molecule has 0 aromatic heterocycles. The molecule has 0 aliphatic carbocycles. The number of phenols is 1. The van der Waals surface area contributed by atoms with Crippen LogP contribution >= 0.6 is 0 Å². The van der Waals surface area contributed by atoms with E-state index in [1.165, 1.54) is 5.56 Å². The van der Waals surface area contributed by atoms with Gasteiger partial charge in [0.15, 0.2) is 11.5 Å². The van der Waals surface area contributed by atoms with Crippen LogP contribution in [0.2, 0.25) is 0 Å². The van der Waals surface area contributed by atoms with Crippen molar-refractivity contribution in [1.82, 2.24) is 0 Å². The van der Waals surface area contributed by atoms with Gasteiger partial charge in [-0.05, 0) is 67.5 Å². The average molecular weight is 357 g/mol. The highest BCUT2D eigenvalue weighted by Crippen LogP contribution is 2.45. The molecule has 0 radical (unpaired) electrons. The summed E-state index contributed by atoms with van der Waals surface area (Å²) < 4.78 is 11.6. The number of hydrogen-bond acceptors (Lipinski definition) is 3. The number of aryl methyl sites for hydroxylation is 1. The first kappa shape index (κ1) is 20.2. The maximum absolute atomic E-state index is 10.8. The largest absolute Gasteiger partial charge is 0.504 e. The summed E-state index contributed by atoms with van der Waals surface area (Å²) in [5.41, 5.74) is 5.10. The quantitative estimate of drug-likeness (QED) is 0.650. The van der Waals surface area contributed by atoms with E-state index in [0.29, 0.717) is 17.6 Å². The zero-order valence-electron chi connectivity index (χ0n) is 17.3. The first-order chi connectivity index (χ1) is 12.1. The van der Waals surface area contributed by atoms with Crippen LogP contribution < -0.4 is 9.47 Å². The number of ether oxygens (including phenoxy) is 2. The third-order valence-corrected chi connectivity index (χ3v) is 4.59. The molecule has 0 saturated heterocycles. The van der Waals surface area contributed by atoms with Crippen molar-refractivity contribution in [2.24, 2.45) is 0 Å². The fourth-order valence-corrected chi connectivity index (χ4v) is 3.05. The number of aromatic hydroxyl groups is 1. The smallest absolute Gasteiger partial charge is 0.165 e. The lowest BCUT2D eigenvalue weighted by Crippen LogP contribution is -2.09. The molecule has 3 nitrogen and oxygen atoms in total. The Bertz CT molecular complexity index is 774. The first-order valence-electron chi connectivity index (χ1n) is 9.38. The maximum atomic E-state index is 10.8. The van der Waals surface area contributed by atoms with Gasteiger partial charge in [-0.15, -0.1) is 0 Å². The third-order valence-electron chi connectivity index (χ3n) is 4.59. The van der Waals surface area contributed by atoms with Crippen LogP contribution in [0.4, 0.5) is 0 Å². The normalized spacial score (nSPS) is 11.5. The van der Waals surface area contributed by atoms with E-state index in [4.69, 9.17) is 9.47 Å². The van der Waals surface area contributed by atoms with E-state index >= 15 is 0 Å². The molecule has 0 aliphatic rings. The lowest BCUT2D eigenvalue weighted by molar-refractivity contribution is 0.241. The predicted molar refractivity (Wildman–Crippen MR) is 109 cm³/mol. The van der Waals surface area contributed by atoms with E-state index in [-0.39, 0.29) is 11.9 Å². The summed E-state index contributed by atoms with van der Waals surface area (Å²) in [6.07, 6.45) is 0.0506. The molecule has 0 aliphatic heterocycles. The molecule has 1 N–H and O–H groups in total. The minimum Gasteiger partial charge on any atom is -0.504 e. The Hall–Kier alpha value is -2.16. The van der Waals surface area contributed by atoms with Gasteiger partial charge in [-0.1, -0.05) is 33.8 Å². The second-order valence-electron chi connectivity index (χ2n) is 7.81. The molecule has 142 valence electrons. The van der Waals surface area contributed by atoms with E-state index in [0.717, 1.165) is 28.0 Å². The Kier molecular flexibility index (Phi) is 6.22. The van der Waals surface area contributed by atoms with Crippen LogP contribution in [0.3, 0.4) is 0 Å². The zero-order valence-corrected chi connectivity index (χ0v) is 17.3. The maximum Gasteiger partial charge on any atom is 0.165 e. The molecule has 0 saturated carbocycles. The van der Waals surface area contributed by atoms with Crippen LogP contribution in [-0.2, 0) is 0 Å². The Morgan fingerprint density at radius 3 is 1.85 bits per heavy atom. The van der Waals surface area contributed by atoms with Crippen molar-refractivity contribution >= 4 is 0 Å². The molecule has 2 aromatic rings. The van der Waals surface area contributed by atoms with Gasteiger partial charge in [-0.2, -0.15) is 0 Å². The van der Waals surface area contributed by atoms with Crippen LogP contribution in [-0.4, -0.2) is 18.3 Å². The summed E-state index contributed by atoms with van der Waals surface area (Å²) in [5.74, 6) is 2.19. The van der Waals surface area contributed by atoms with E-state index in [9.17, 15) is 5.11 Å². The molecule has 0 spiro atoms. The summed E-state index contributed by atoms with van der Waals surface area (Å²) in [4.78, 5) is 0. The van der Waals surface area contributed by atoms with Crippen molar-refractivity contribution in [3.63, 3.8) is 0 Å². The molecule has 0 unspecified atom stereocenters. The van der Waals surface area contributed by atoms with E-state index in [2.05, 4.69) is 52.8 Å². The van der Waals surface area contributed by atoms with Crippen LogP contribution in [0.25, 0.3) is 11.1 Å². The summed E-state index contributed by atoms with van der Waals surface area (Å²) in [6.45, 7) is 14.7. The first-order valence-corrected chi connectivity index (χ1v) is 9.38. The van der Waals surface area contributed by atoms with Crippen molar-refractivity contribution in [2.75, 3.05) is 7.11 Å². The Morgan fingerprint density at radius 2 is 1.35 bits per heavy atom. The molecule has 0 heterocycles. The number of phenolic OH excluding ortho intramolecular Hbond substituents is 1. The molecule has 0 atom stereocenters. The minimum absolute atomic E-state index is 0.0506. The highest BCUT2D eigenvalue weighted by molar-refractivity contribution is 5.80. The van der Waals surface area contributed by atoms with Crippen molar-refractivity contribution in [3.05, 3.63) is 41.0 Å². The number of benzene rings is 2. The second kappa shape index (κ2) is 8.03. The van der Waals surface area contributed by atoms with Crippen molar-refractivity contribution in [1.29, 1.82) is 0 Å². The Morgan fingerprint density at radius 1 is 0.808 bits per heavy atom. The van der Waals surface area contributed by atoms with E-state index < -0.39 is 0 Å². The Balaban J connectivity index is 2.82. The molecule has 3 heteroatoms. The van der Waals surface area contributed by atoms with Gasteiger partial charge >= 0.3 is 0 Å². The van der Waals surface area contributed by atoms with Crippen LogP contribution in [0.5, 0.6) is 17.2 Å². The highest BCUT2D eigenvalue weighted by Gasteiger charge is 2.20.